The van der Waals surface area contributed by atoms with E-state index in [4.69, 9.17) is 0 Å². The second-order valence-corrected chi connectivity index (χ2v) is 7.04. The van der Waals surface area contributed by atoms with Gasteiger partial charge in [-0.15, -0.1) is 22.9 Å². The minimum Gasteiger partial charge on any atom is -0.266 e. The van der Waals surface area contributed by atoms with Gasteiger partial charge in [0.05, 0.1) is 11.2 Å². The Balaban J connectivity index is 2.25. The van der Waals surface area contributed by atoms with Gasteiger partial charge in [0.25, 0.3) is 0 Å². The van der Waals surface area contributed by atoms with Gasteiger partial charge in [0.2, 0.25) is 0 Å². The summed E-state index contributed by atoms with van der Waals surface area (Å²) in [7, 11) is 0. The van der Waals surface area contributed by atoms with Gasteiger partial charge in [-0.25, -0.2) is 4.40 Å². The second kappa shape index (κ2) is 4.95. The topological polar surface area (TPSA) is 8.20 Å². The summed E-state index contributed by atoms with van der Waals surface area (Å²) in [4.78, 5) is 0. The van der Waals surface area contributed by atoms with Crippen molar-refractivity contribution >= 4 is 23.1 Å². The number of fused-ring (bicyclic) bond motifs is 3. The maximum atomic E-state index is 2.52. The molecule has 2 heteroatoms. The highest BCUT2D eigenvalue weighted by Gasteiger charge is 2.28. The van der Waals surface area contributed by atoms with Gasteiger partial charge in [0.15, 0.2) is 0 Å². The molecule has 0 saturated carbocycles. The molecule has 1 aromatic carbocycles. The van der Waals surface area contributed by atoms with E-state index in [9.17, 15) is 0 Å². The molecular formula is C23H23N2-. The average molecular weight is 327 g/mol. The molecule has 3 heterocycles. The Labute approximate surface area is 148 Å². The second-order valence-electron chi connectivity index (χ2n) is 7.04. The molecule has 0 fully saturated rings. The molecule has 0 unspecified atom stereocenters. The third-order valence-electron chi connectivity index (χ3n) is 5.97. The van der Waals surface area contributed by atoms with Gasteiger partial charge in [-0.1, -0.05) is 49.9 Å². The molecule has 2 aromatic rings. The number of rotatable bonds is 2. The zero-order valence-electron chi connectivity index (χ0n) is 15.4. The third-order valence-corrected chi connectivity index (χ3v) is 5.97. The van der Waals surface area contributed by atoms with Crippen molar-refractivity contribution < 1.29 is 8.80 Å². The molecule has 0 amide bonds. The van der Waals surface area contributed by atoms with E-state index in [1.54, 1.807) is 0 Å². The first-order valence-electron chi connectivity index (χ1n) is 9.28. The third kappa shape index (κ3) is 1.62. The number of benzene rings is 1. The first-order chi connectivity index (χ1) is 12.2. The monoisotopic (exact) mass is 327 g/mol. The Morgan fingerprint density at radius 1 is 1.08 bits per heavy atom. The van der Waals surface area contributed by atoms with E-state index in [-0.39, 0.29) is 0 Å². The molecule has 2 nitrogen and oxygen atoms in total. The molecule has 0 spiro atoms. The van der Waals surface area contributed by atoms with Crippen LogP contribution in [-0.2, 0) is 12.8 Å². The van der Waals surface area contributed by atoms with Gasteiger partial charge in [-0.2, -0.15) is 11.6 Å². The minimum absolute atomic E-state index is 1.05. The standard InChI is InChI=1S/C23H23N2/c1-5-16-18-11-9-12-19-17-10-7-8-13-21(17)25-15(4)14(3)24(20(16)6-2)23(25)22(18)19/h7-13H,5-6H2,1-4H3/q-1. The molecule has 0 bridgehead atoms. The number of nitrogens with zero attached hydrogens (tertiary/aromatic N) is 2. The van der Waals surface area contributed by atoms with Crippen LogP contribution in [0.2, 0.25) is 0 Å². The van der Waals surface area contributed by atoms with Gasteiger partial charge < -0.3 is 0 Å². The van der Waals surface area contributed by atoms with Gasteiger partial charge in [-0.05, 0) is 25.8 Å². The van der Waals surface area contributed by atoms with E-state index in [2.05, 4.69) is 79.0 Å². The van der Waals surface area contributed by atoms with Crippen LogP contribution in [0.1, 0.15) is 42.1 Å². The fourth-order valence-electron chi connectivity index (χ4n) is 4.81. The minimum atomic E-state index is 1.05. The average Bonchev–Trinajstić information content (AvgIpc) is 2.92. The number of pyridine rings is 2. The van der Waals surface area contributed by atoms with E-state index < -0.39 is 0 Å². The molecule has 2 aliphatic heterocycles. The molecule has 25 heavy (non-hydrogen) atoms. The van der Waals surface area contributed by atoms with Crippen molar-refractivity contribution in [2.75, 3.05) is 0 Å². The van der Waals surface area contributed by atoms with Crippen LogP contribution in [0, 0.1) is 13.8 Å². The highest BCUT2D eigenvalue weighted by Crippen LogP contribution is 2.30. The van der Waals surface area contributed by atoms with Crippen molar-refractivity contribution in [3.8, 4) is 11.4 Å². The predicted octanol–water partition coefficient (Wildman–Crippen LogP) is 3.26. The van der Waals surface area contributed by atoms with Crippen LogP contribution in [0.3, 0.4) is 0 Å². The Kier molecular flexibility index (Phi) is 2.91. The number of para-hydroxylation sites is 1. The Hall–Kier alpha value is -2.61. The molecule has 1 aliphatic carbocycles. The van der Waals surface area contributed by atoms with Crippen molar-refractivity contribution in [3.63, 3.8) is 0 Å². The molecule has 5 rings (SSSR count). The quantitative estimate of drug-likeness (QED) is 0.303. The lowest BCUT2D eigenvalue weighted by Gasteiger charge is -2.27. The fraction of sp³-hybridized carbons (Fsp3) is 0.261. The van der Waals surface area contributed by atoms with E-state index >= 15 is 0 Å². The summed E-state index contributed by atoms with van der Waals surface area (Å²) < 4.78 is 4.99. The molecule has 0 atom stereocenters. The summed E-state index contributed by atoms with van der Waals surface area (Å²) in [5.41, 5.74) is 9.78. The normalized spacial score (nSPS) is 13.3. The molecule has 3 aliphatic rings. The van der Waals surface area contributed by atoms with E-state index in [1.807, 2.05) is 0 Å². The Morgan fingerprint density at radius 2 is 1.88 bits per heavy atom. The molecule has 0 N–H and O–H groups in total. The highest BCUT2D eigenvalue weighted by molar-refractivity contribution is 5.89. The number of aryl methyl sites for hydroxylation is 3. The summed E-state index contributed by atoms with van der Waals surface area (Å²) in [5.74, 6) is 1.34. The number of hydrogen-bond donors (Lipinski definition) is 0. The van der Waals surface area contributed by atoms with Crippen molar-refractivity contribution in [3.05, 3.63) is 63.8 Å². The van der Waals surface area contributed by atoms with Crippen LogP contribution in [0.5, 0.6) is 0 Å². The van der Waals surface area contributed by atoms with Crippen molar-refractivity contribution in [2.45, 2.75) is 40.5 Å². The first kappa shape index (κ1) is 14.7. The zero-order valence-corrected chi connectivity index (χ0v) is 15.4. The predicted molar refractivity (Wildman–Crippen MR) is 102 cm³/mol. The van der Waals surface area contributed by atoms with Crippen LogP contribution in [0.25, 0.3) is 34.4 Å². The number of hydrogen-bond acceptors (Lipinski definition) is 0. The van der Waals surface area contributed by atoms with Crippen LogP contribution < -0.4 is 14.0 Å². The van der Waals surface area contributed by atoms with Crippen molar-refractivity contribution in [2.24, 2.45) is 0 Å². The van der Waals surface area contributed by atoms with Crippen LogP contribution >= 0.6 is 0 Å². The SMILES string of the molecule is CCc1c2[c-]3c(c4ccccc4[n+]4c-3[n+](c(C)[c-]4C)[c-]1CC)=CC=C2. The maximum absolute atomic E-state index is 2.52. The van der Waals surface area contributed by atoms with E-state index in [0.29, 0.717) is 0 Å². The van der Waals surface area contributed by atoms with Crippen LogP contribution in [0.4, 0.5) is 0 Å². The van der Waals surface area contributed by atoms with Gasteiger partial charge >= 0.3 is 5.82 Å². The lowest BCUT2D eigenvalue weighted by molar-refractivity contribution is -0.622. The van der Waals surface area contributed by atoms with Crippen LogP contribution in [-0.4, -0.2) is 0 Å². The smallest absolute Gasteiger partial charge is 0.266 e. The molecule has 126 valence electrons. The van der Waals surface area contributed by atoms with E-state index in [1.165, 1.54) is 55.7 Å². The van der Waals surface area contributed by atoms with Gasteiger partial charge in [0, 0.05) is 0 Å². The molecule has 0 radical (unpaired) electrons. The Morgan fingerprint density at radius 3 is 2.64 bits per heavy atom. The number of allylic oxidation sites excluding steroid dienone is 1. The van der Waals surface area contributed by atoms with Crippen molar-refractivity contribution in [1.29, 1.82) is 0 Å². The van der Waals surface area contributed by atoms with Gasteiger partial charge in [-0.3, -0.25) is 4.40 Å². The first-order valence-corrected chi connectivity index (χ1v) is 9.28. The Bertz CT molecular complexity index is 1220. The number of imidazole rings is 1. The maximum Gasteiger partial charge on any atom is 0.318 e. The summed E-state index contributed by atoms with van der Waals surface area (Å²) in [5, 5.41) is 2.71. The summed E-state index contributed by atoms with van der Waals surface area (Å²) >= 11 is 0. The molecular weight excluding hydrogens is 304 g/mol. The number of aromatic nitrogens is 2. The lowest BCUT2D eigenvalue weighted by atomic mass is 9.90. The molecule has 0 saturated heterocycles. The summed E-state index contributed by atoms with van der Waals surface area (Å²) in [6.07, 6.45) is 8.94. The fourth-order valence-corrected chi connectivity index (χ4v) is 4.81. The van der Waals surface area contributed by atoms with E-state index in [0.717, 1.165) is 12.8 Å². The van der Waals surface area contributed by atoms with Gasteiger partial charge in [0.1, 0.15) is 11.4 Å². The van der Waals surface area contributed by atoms with Crippen molar-refractivity contribution in [1.82, 2.24) is 0 Å². The largest absolute Gasteiger partial charge is 0.318 e. The zero-order chi connectivity index (χ0) is 17.3. The lowest BCUT2D eigenvalue weighted by Crippen LogP contribution is -2.42. The summed E-state index contributed by atoms with van der Waals surface area (Å²) in [6.45, 7) is 9.08. The molecule has 1 aromatic heterocycles. The van der Waals surface area contributed by atoms with Crippen LogP contribution in [0.15, 0.2) is 30.3 Å². The summed E-state index contributed by atoms with van der Waals surface area (Å²) in [6, 6.07) is 8.82. The highest BCUT2D eigenvalue weighted by atomic mass is 15.1.